The number of hydrogen-bond donors (Lipinski definition) is 1. The first-order valence-corrected chi connectivity index (χ1v) is 5.28. The Morgan fingerprint density at radius 1 is 1.37 bits per heavy atom. The van der Waals surface area contributed by atoms with Crippen LogP contribution in [0.1, 0.15) is 10.4 Å². The minimum Gasteiger partial charge on any atom is -0.465 e. The molecule has 8 heteroatoms. The smallest absolute Gasteiger partial charge is 0.337 e. The van der Waals surface area contributed by atoms with Crippen molar-refractivity contribution in [1.82, 2.24) is 15.2 Å². The van der Waals surface area contributed by atoms with E-state index in [4.69, 9.17) is 8.83 Å². The molecule has 19 heavy (non-hydrogen) atoms. The molecule has 3 rings (SSSR count). The number of rotatable bonds is 3. The molecule has 0 aliphatic heterocycles. The molecule has 0 fully saturated rings. The molecule has 0 spiro atoms. The average Bonchev–Trinajstić information content (AvgIpc) is 3.05. The third-order valence-corrected chi connectivity index (χ3v) is 2.38. The summed E-state index contributed by atoms with van der Waals surface area (Å²) in [7, 11) is 1.31. The molecule has 0 unspecified atom stereocenters. The highest BCUT2D eigenvalue weighted by Crippen LogP contribution is 2.22. The number of methoxy groups -OCH3 is 1. The van der Waals surface area contributed by atoms with Gasteiger partial charge in [0.15, 0.2) is 5.58 Å². The van der Waals surface area contributed by atoms with E-state index in [0.29, 0.717) is 16.7 Å². The van der Waals surface area contributed by atoms with Gasteiger partial charge in [0.25, 0.3) is 0 Å². The van der Waals surface area contributed by atoms with Crippen LogP contribution >= 0.6 is 0 Å². The molecular formula is C11H8N4O4. The molecule has 0 atom stereocenters. The fourth-order valence-corrected chi connectivity index (χ4v) is 1.54. The molecular weight excluding hydrogens is 252 g/mol. The maximum absolute atomic E-state index is 11.4. The molecule has 3 aromatic rings. The number of esters is 1. The minimum atomic E-state index is -0.440. The quantitative estimate of drug-likeness (QED) is 0.710. The zero-order chi connectivity index (χ0) is 13.2. The van der Waals surface area contributed by atoms with E-state index in [2.05, 4.69) is 25.2 Å². The number of ether oxygens (including phenoxy) is 1. The van der Waals surface area contributed by atoms with Crippen LogP contribution in [0.2, 0.25) is 0 Å². The molecule has 0 radical (unpaired) electrons. The molecule has 1 aromatic carbocycles. The summed E-state index contributed by atoms with van der Waals surface area (Å²) in [5.74, 6) is -0.440. The second-order valence-electron chi connectivity index (χ2n) is 3.56. The Bertz CT molecular complexity index is 719. The van der Waals surface area contributed by atoms with Gasteiger partial charge in [-0.2, -0.15) is 4.98 Å². The van der Waals surface area contributed by atoms with E-state index in [1.54, 1.807) is 18.2 Å². The first-order chi connectivity index (χ1) is 9.26. The average molecular weight is 260 g/mol. The lowest BCUT2D eigenvalue weighted by Crippen LogP contribution is -2.00. The molecule has 0 amide bonds. The standard InChI is InChI=1S/C11H8N4O4/c1-17-9(16)6-2-3-7-8(4-6)19-10(13-7)14-11-15-12-5-18-11/h2-5H,1H3,(H,13,14,15). The van der Waals surface area contributed by atoms with Crippen molar-refractivity contribution < 1.29 is 18.4 Å². The highest BCUT2D eigenvalue weighted by molar-refractivity contribution is 5.93. The van der Waals surface area contributed by atoms with Gasteiger partial charge in [0.05, 0.1) is 12.7 Å². The van der Waals surface area contributed by atoms with E-state index in [0.717, 1.165) is 0 Å². The van der Waals surface area contributed by atoms with Gasteiger partial charge in [0.2, 0.25) is 6.39 Å². The number of fused-ring (bicyclic) bond motifs is 1. The number of oxazole rings is 1. The highest BCUT2D eigenvalue weighted by Gasteiger charge is 2.12. The molecule has 0 aliphatic carbocycles. The van der Waals surface area contributed by atoms with Crippen molar-refractivity contribution in [2.75, 3.05) is 12.4 Å². The van der Waals surface area contributed by atoms with Crippen molar-refractivity contribution in [3.05, 3.63) is 30.2 Å². The number of anilines is 2. The predicted molar refractivity (Wildman–Crippen MR) is 62.9 cm³/mol. The Morgan fingerprint density at radius 3 is 3.00 bits per heavy atom. The number of nitrogens with one attached hydrogen (secondary N) is 1. The van der Waals surface area contributed by atoms with E-state index in [1.807, 2.05) is 0 Å². The summed E-state index contributed by atoms with van der Waals surface area (Å²) in [6.07, 6.45) is 1.18. The number of carbonyl (C=O) groups is 1. The van der Waals surface area contributed by atoms with Crippen LogP contribution < -0.4 is 5.32 Å². The maximum atomic E-state index is 11.4. The van der Waals surface area contributed by atoms with Crippen LogP contribution in [0.4, 0.5) is 12.0 Å². The van der Waals surface area contributed by atoms with Crippen LogP contribution in [0.5, 0.6) is 0 Å². The predicted octanol–water partition coefficient (Wildman–Crippen LogP) is 1.74. The summed E-state index contributed by atoms with van der Waals surface area (Å²) in [5.41, 5.74) is 1.43. The second kappa shape index (κ2) is 4.41. The largest absolute Gasteiger partial charge is 0.465 e. The Morgan fingerprint density at radius 2 is 2.26 bits per heavy atom. The molecule has 2 aromatic heterocycles. The summed E-state index contributed by atoms with van der Waals surface area (Å²) in [6, 6.07) is 5.17. The van der Waals surface area contributed by atoms with Gasteiger partial charge in [-0.3, -0.25) is 5.32 Å². The van der Waals surface area contributed by atoms with Crippen LogP contribution in [0.25, 0.3) is 11.1 Å². The summed E-state index contributed by atoms with van der Waals surface area (Å²) in [6.45, 7) is 0. The second-order valence-corrected chi connectivity index (χ2v) is 3.56. The fourth-order valence-electron chi connectivity index (χ4n) is 1.54. The lowest BCUT2D eigenvalue weighted by atomic mass is 10.2. The van der Waals surface area contributed by atoms with Gasteiger partial charge in [0.1, 0.15) is 5.52 Å². The molecule has 1 N–H and O–H groups in total. The normalized spacial score (nSPS) is 10.6. The van der Waals surface area contributed by atoms with Crippen molar-refractivity contribution in [3.8, 4) is 0 Å². The first-order valence-electron chi connectivity index (χ1n) is 5.28. The minimum absolute atomic E-state index is 0.166. The SMILES string of the molecule is COC(=O)c1ccc2nc(Nc3nnco3)oc2c1. The summed E-state index contributed by atoms with van der Waals surface area (Å²) in [5, 5.41) is 9.85. The molecule has 2 heterocycles. The van der Waals surface area contributed by atoms with E-state index in [1.165, 1.54) is 13.5 Å². The van der Waals surface area contributed by atoms with E-state index < -0.39 is 5.97 Å². The van der Waals surface area contributed by atoms with E-state index in [9.17, 15) is 4.79 Å². The van der Waals surface area contributed by atoms with Crippen LogP contribution in [-0.4, -0.2) is 28.3 Å². The van der Waals surface area contributed by atoms with Crippen molar-refractivity contribution >= 4 is 29.1 Å². The van der Waals surface area contributed by atoms with Crippen LogP contribution in [-0.2, 0) is 4.74 Å². The number of carbonyl (C=O) groups excluding carboxylic acids is 1. The third-order valence-electron chi connectivity index (χ3n) is 2.38. The molecule has 0 saturated heterocycles. The maximum Gasteiger partial charge on any atom is 0.337 e. The van der Waals surface area contributed by atoms with Crippen molar-refractivity contribution in [3.63, 3.8) is 0 Å². The molecule has 96 valence electrons. The van der Waals surface area contributed by atoms with Gasteiger partial charge in [-0.15, -0.1) is 5.10 Å². The van der Waals surface area contributed by atoms with Crippen molar-refractivity contribution in [2.45, 2.75) is 0 Å². The summed E-state index contributed by atoms with van der Waals surface area (Å²) >= 11 is 0. The fraction of sp³-hybridized carbons (Fsp3) is 0.0909. The van der Waals surface area contributed by atoms with Crippen LogP contribution in [0.15, 0.2) is 33.4 Å². The Kier molecular flexibility index (Phi) is 2.60. The number of benzene rings is 1. The van der Waals surface area contributed by atoms with E-state index >= 15 is 0 Å². The van der Waals surface area contributed by atoms with Gasteiger partial charge < -0.3 is 13.6 Å². The summed E-state index contributed by atoms with van der Waals surface area (Å²) in [4.78, 5) is 15.5. The highest BCUT2D eigenvalue weighted by atomic mass is 16.5. The van der Waals surface area contributed by atoms with Gasteiger partial charge >= 0.3 is 18.0 Å². The lowest BCUT2D eigenvalue weighted by molar-refractivity contribution is 0.0601. The number of aromatic nitrogens is 3. The van der Waals surface area contributed by atoms with Gasteiger partial charge in [-0.1, -0.05) is 5.10 Å². The van der Waals surface area contributed by atoms with Crippen molar-refractivity contribution in [2.24, 2.45) is 0 Å². The number of nitrogens with zero attached hydrogens (tertiary/aromatic N) is 3. The third kappa shape index (κ3) is 2.10. The topological polar surface area (TPSA) is 103 Å². The summed E-state index contributed by atoms with van der Waals surface area (Å²) < 4.78 is 15.0. The zero-order valence-corrected chi connectivity index (χ0v) is 9.78. The molecule has 0 saturated carbocycles. The van der Waals surface area contributed by atoms with E-state index in [-0.39, 0.29) is 12.0 Å². The Hall–Kier alpha value is -2.90. The van der Waals surface area contributed by atoms with Crippen LogP contribution in [0.3, 0.4) is 0 Å². The van der Waals surface area contributed by atoms with Crippen LogP contribution in [0, 0.1) is 0 Å². The Labute approximate surface area is 106 Å². The first kappa shape index (κ1) is 11.2. The monoisotopic (exact) mass is 260 g/mol. The van der Waals surface area contributed by atoms with Crippen molar-refractivity contribution in [1.29, 1.82) is 0 Å². The molecule has 8 nitrogen and oxygen atoms in total. The molecule has 0 aliphatic rings. The van der Waals surface area contributed by atoms with Gasteiger partial charge in [0, 0.05) is 0 Å². The number of hydrogen-bond acceptors (Lipinski definition) is 8. The zero-order valence-electron chi connectivity index (χ0n) is 9.78. The Balaban J connectivity index is 1.94. The lowest BCUT2D eigenvalue weighted by Gasteiger charge is -1.96. The molecule has 0 bridgehead atoms. The van der Waals surface area contributed by atoms with Gasteiger partial charge in [-0.25, -0.2) is 4.79 Å². The van der Waals surface area contributed by atoms with Gasteiger partial charge in [-0.05, 0) is 18.2 Å².